The van der Waals surface area contributed by atoms with Crippen LogP contribution >= 0.6 is 0 Å². The van der Waals surface area contributed by atoms with Crippen molar-refractivity contribution in [2.24, 2.45) is 0 Å². The van der Waals surface area contributed by atoms with E-state index in [9.17, 15) is 9.32 Å². The molecule has 1 N–H and O–H groups in total. The number of phenols is 1. The van der Waals surface area contributed by atoms with Gasteiger partial charge < -0.3 is 5.11 Å². The third-order valence-corrected chi connectivity index (χ3v) is 5.48. The van der Waals surface area contributed by atoms with Crippen molar-refractivity contribution < 1.29 is 9.32 Å². The number of hydrogen-bond acceptors (Lipinski definition) is 2. The SMILES string of the molecule is CC(C)(C)c1cc(CS(=O)c2ccccc2)cc(C(C)(C)C)c1O. The number of aromatic hydroxyl groups is 1. The predicted molar refractivity (Wildman–Crippen MR) is 102 cm³/mol. The van der Waals surface area contributed by atoms with Crippen molar-refractivity contribution in [1.82, 2.24) is 0 Å². The highest BCUT2D eigenvalue weighted by Crippen LogP contribution is 2.40. The Hall–Kier alpha value is -1.61. The Labute approximate surface area is 148 Å². The van der Waals surface area contributed by atoms with Crippen LogP contribution in [0.15, 0.2) is 47.4 Å². The first-order valence-corrected chi connectivity index (χ1v) is 9.62. The Morgan fingerprint density at radius 3 is 1.75 bits per heavy atom. The van der Waals surface area contributed by atoms with Gasteiger partial charge in [-0.25, -0.2) is 0 Å². The van der Waals surface area contributed by atoms with E-state index in [1.165, 1.54) is 0 Å². The minimum Gasteiger partial charge on any atom is -0.507 e. The second-order valence-electron chi connectivity index (χ2n) is 8.34. The first-order chi connectivity index (χ1) is 11.0. The van der Waals surface area contributed by atoms with E-state index in [2.05, 4.69) is 41.5 Å². The van der Waals surface area contributed by atoms with E-state index in [-0.39, 0.29) is 10.8 Å². The van der Waals surface area contributed by atoms with Crippen LogP contribution < -0.4 is 0 Å². The molecule has 0 aliphatic rings. The van der Waals surface area contributed by atoms with Crippen molar-refractivity contribution in [2.45, 2.75) is 63.0 Å². The lowest BCUT2D eigenvalue weighted by molar-refractivity contribution is 0.423. The van der Waals surface area contributed by atoms with Gasteiger partial charge in [-0.2, -0.15) is 0 Å². The Kier molecular flexibility index (Phi) is 5.24. The topological polar surface area (TPSA) is 37.3 Å². The highest BCUT2D eigenvalue weighted by molar-refractivity contribution is 7.84. The number of phenolic OH excluding ortho intramolecular Hbond substituents is 1. The molecule has 2 aromatic carbocycles. The molecule has 0 spiro atoms. The van der Waals surface area contributed by atoms with Crippen LogP contribution in [0.1, 0.15) is 58.2 Å². The molecular weight excluding hydrogens is 316 g/mol. The van der Waals surface area contributed by atoms with Crippen molar-refractivity contribution in [3.05, 3.63) is 59.2 Å². The van der Waals surface area contributed by atoms with Crippen molar-refractivity contribution in [2.75, 3.05) is 0 Å². The van der Waals surface area contributed by atoms with Gasteiger partial charge in [-0.1, -0.05) is 71.9 Å². The largest absolute Gasteiger partial charge is 0.507 e. The van der Waals surface area contributed by atoms with Crippen LogP contribution in [0.25, 0.3) is 0 Å². The number of hydrogen-bond donors (Lipinski definition) is 1. The minimum atomic E-state index is -1.09. The molecule has 2 nitrogen and oxygen atoms in total. The quantitative estimate of drug-likeness (QED) is 0.821. The fourth-order valence-electron chi connectivity index (χ4n) is 2.73. The lowest BCUT2D eigenvalue weighted by atomic mass is 9.78. The molecule has 0 aliphatic heterocycles. The molecule has 2 rings (SSSR count). The molecule has 1 atom stereocenters. The average molecular weight is 345 g/mol. The molecule has 0 heterocycles. The maximum Gasteiger partial charge on any atom is 0.123 e. The van der Waals surface area contributed by atoms with Crippen LogP contribution in [0, 0.1) is 0 Å². The van der Waals surface area contributed by atoms with Crippen molar-refractivity contribution in [1.29, 1.82) is 0 Å². The van der Waals surface area contributed by atoms with Gasteiger partial charge in [0.15, 0.2) is 0 Å². The number of rotatable bonds is 3. The molecule has 2 aromatic rings. The zero-order chi connectivity index (χ0) is 18.1. The average Bonchev–Trinajstić information content (AvgIpc) is 2.47. The van der Waals surface area contributed by atoms with Crippen LogP contribution in [0.2, 0.25) is 0 Å². The van der Waals surface area contributed by atoms with E-state index in [1.807, 2.05) is 42.5 Å². The van der Waals surface area contributed by atoms with E-state index in [1.54, 1.807) is 0 Å². The smallest absolute Gasteiger partial charge is 0.123 e. The molecule has 0 saturated carbocycles. The molecule has 0 amide bonds. The van der Waals surface area contributed by atoms with Crippen LogP contribution in [0.5, 0.6) is 5.75 Å². The van der Waals surface area contributed by atoms with Gasteiger partial charge in [0.1, 0.15) is 5.75 Å². The third-order valence-electron chi connectivity index (χ3n) is 4.09. The number of benzene rings is 2. The summed E-state index contributed by atoms with van der Waals surface area (Å²) in [5, 5.41) is 10.8. The lowest BCUT2D eigenvalue weighted by Crippen LogP contribution is -2.18. The van der Waals surface area contributed by atoms with Gasteiger partial charge in [0, 0.05) is 4.90 Å². The Bertz CT molecular complexity index is 700. The molecular formula is C21H28O2S. The third kappa shape index (κ3) is 4.27. The zero-order valence-electron chi connectivity index (χ0n) is 15.5. The monoisotopic (exact) mass is 344 g/mol. The molecule has 0 aliphatic carbocycles. The van der Waals surface area contributed by atoms with Gasteiger partial charge in [0.05, 0.1) is 16.6 Å². The molecule has 3 heteroatoms. The Morgan fingerprint density at radius 1 is 0.875 bits per heavy atom. The van der Waals surface area contributed by atoms with E-state index in [0.29, 0.717) is 11.5 Å². The van der Waals surface area contributed by atoms with Crippen LogP contribution in [-0.4, -0.2) is 9.32 Å². The standard InChI is InChI=1S/C21H28O2S/c1-20(2,3)17-12-15(13-18(19(17)22)21(4,5)6)14-24(23)16-10-8-7-9-11-16/h7-13,22H,14H2,1-6H3. The van der Waals surface area contributed by atoms with Gasteiger partial charge in [0.25, 0.3) is 0 Å². The summed E-state index contributed by atoms with van der Waals surface area (Å²) in [6.45, 7) is 12.5. The highest BCUT2D eigenvalue weighted by atomic mass is 32.2. The Morgan fingerprint density at radius 2 is 1.33 bits per heavy atom. The fourth-order valence-corrected chi connectivity index (χ4v) is 3.82. The van der Waals surface area contributed by atoms with Gasteiger partial charge in [-0.05, 0) is 39.7 Å². The van der Waals surface area contributed by atoms with Crippen LogP contribution in [-0.2, 0) is 27.4 Å². The summed E-state index contributed by atoms with van der Waals surface area (Å²) >= 11 is 0. The van der Waals surface area contributed by atoms with Gasteiger partial charge in [-0.3, -0.25) is 4.21 Å². The second kappa shape index (κ2) is 6.72. The van der Waals surface area contributed by atoms with E-state index in [4.69, 9.17) is 0 Å². The maximum absolute atomic E-state index is 12.7. The molecule has 0 bridgehead atoms. The summed E-state index contributed by atoms with van der Waals surface area (Å²) < 4.78 is 12.7. The summed E-state index contributed by atoms with van der Waals surface area (Å²) in [6, 6.07) is 13.5. The van der Waals surface area contributed by atoms with Crippen LogP contribution in [0.4, 0.5) is 0 Å². The first-order valence-electron chi connectivity index (χ1n) is 8.30. The van der Waals surface area contributed by atoms with Crippen molar-refractivity contribution >= 4 is 10.8 Å². The molecule has 0 radical (unpaired) electrons. The van der Waals surface area contributed by atoms with Crippen molar-refractivity contribution in [3.8, 4) is 5.75 Å². The normalized spacial score (nSPS) is 13.8. The van der Waals surface area contributed by atoms with Crippen LogP contribution in [0.3, 0.4) is 0 Å². The highest BCUT2D eigenvalue weighted by Gasteiger charge is 2.26. The Balaban J connectivity index is 2.49. The van der Waals surface area contributed by atoms with E-state index >= 15 is 0 Å². The zero-order valence-corrected chi connectivity index (χ0v) is 16.3. The van der Waals surface area contributed by atoms with Gasteiger partial charge in [-0.15, -0.1) is 0 Å². The molecule has 0 fully saturated rings. The predicted octanol–water partition coefficient (Wildman–Crippen LogP) is 5.30. The summed E-state index contributed by atoms with van der Waals surface area (Å²) in [4.78, 5) is 0.834. The van der Waals surface area contributed by atoms with Crippen molar-refractivity contribution in [3.63, 3.8) is 0 Å². The molecule has 0 saturated heterocycles. The van der Waals surface area contributed by atoms with E-state index < -0.39 is 10.8 Å². The first kappa shape index (κ1) is 18.7. The van der Waals surface area contributed by atoms with Gasteiger partial charge in [0.2, 0.25) is 0 Å². The molecule has 1 unspecified atom stereocenters. The summed E-state index contributed by atoms with van der Waals surface area (Å²) in [7, 11) is -1.09. The second-order valence-corrected chi connectivity index (χ2v) is 9.79. The maximum atomic E-state index is 12.7. The molecule has 130 valence electrons. The summed E-state index contributed by atoms with van der Waals surface area (Å²) in [5.41, 5.74) is 2.48. The van der Waals surface area contributed by atoms with E-state index in [0.717, 1.165) is 21.6 Å². The fraction of sp³-hybridized carbons (Fsp3) is 0.429. The summed E-state index contributed by atoms with van der Waals surface area (Å²) in [6.07, 6.45) is 0. The summed E-state index contributed by atoms with van der Waals surface area (Å²) in [5.74, 6) is 0.820. The minimum absolute atomic E-state index is 0.172. The van der Waals surface area contributed by atoms with Gasteiger partial charge >= 0.3 is 0 Å². The molecule has 0 aromatic heterocycles. The molecule has 24 heavy (non-hydrogen) atoms. The lowest BCUT2D eigenvalue weighted by Gasteiger charge is -2.28.